The first kappa shape index (κ1) is 14.6. The summed E-state index contributed by atoms with van der Waals surface area (Å²) in [5.41, 5.74) is 6.28. The Morgan fingerprint density at radius 1 is 1.32 bits per heavy atom. The van der Waals surface area contributed by atoms with E-state index in [2.05, 4.69) is 30.9 Å². The fourth-order valence-electron chi connectivity index (χ4n) is 3.05. The molecule has 4 nitrogen and oxygen atoms in total. The van der Waals surface area contributed by atoms with Crippen LogP contribution in [0.25, 0.3) is 0 Å². The van der Waals surface area contributed by atoms with Gasteiger partial charge in [-0.25, -0.2) is 0 Å². The third kappa shape index (κ3) is 2.86. The van der Waals surface area contributed by atoms with Gasteiger partial charge in [-0.05, 0) is 59.5 Å². The topological polar surface area (TPSA) is 45.6 Å². The standard InChI is InChI=1S/C15H27N3O/c1-12-6-7-14(19-12)13(10-16)18(4)11-15(17(2)3)8-5-9-15/h6-7,13H,5,8-11,16H2,1-4H3. The van der Waals surface area contributed by atoms with Crippen LogP contribution in [0, 0.1) is 6.92 Å². The highest BCUT2D eigenvalue weighted by Gasteiger charge is 2.41. The van der Waals surface area contributed by atoms with Crippen molar-refractivity contribution in [3.8, 4) is 0 Å². The van der Waals surface area contributed by atoms with Crippen molar-refractivity contribution in [3.05, 3.63) is 23.7 Å². The van der Waals surface area contributed by atoms with Gasteiger partial charge in [-0.3, -0.25) is 4.90 Å². The van der Waals surface area contributed by atoms with E-state index in [-0.39, 0.29) is 6.04 Å². The molecule has 108 valence electrons. The molecule has 19 heavy (non-hydrogen) atoms. The lowest BCUT2D eigenvalue weighted by atomic mass is 9.75. The molecule has 0 saturated heterocycles. The van der Waals surface area contributed by atoms with Crippen molar-refractivity contribution in [1.82, 2.24) is 9.80 Å². The fourth-order valence-corrected chi connectivity index (χ4v) is 3.05. The fraction of sp³-hybridized carbons (Fsp3) is 0.733. The van der Waals surface area contributed by atoms with Crippen LogP contribution in [0.4, 0.5) is 0 Å². The van der Waals surface area contributed by atoms with E-state index in [1.54, 1.807) is 0 Å². The van der Waals surface area contributed by atoms with Gasteiger partial charge < -0.3 is 15.1 Å². The lowest BCUT2D eigenvalue weighted by Gasteiger charge is -2.50. The highest BCUT2D eigenvalue weighted by atomic mass is 16.3. The molecule has 1 aliphatic rings. The van der Waals surface area contributed by atoms with Crippen LogP contribution in [0.2, 0.25) is 0 Å². The molecule has 1 aromatic heterocycles. The summed E-state index contributed by atoms with van der Waals surface area (Å²) in [7, 11) is 6.52. The Kier molecular flexibility index (Phi) is 4.33. The first-order chi connectivity index (χ1) is 8.98. The smallest absolute Gasteiger partial charge is 0.122 e. The van der Waals surface area contributed by atoms with Gasteiger partial charge in [0.25, 0.3) is 0 Å². The van der Waals surface area contributed by atoms with E-state index in [0.717, 1.165) is 18.1 Å². The number of nitrogens with two attached hydrogens (primary N) is 1. The van der Waals surface area contributed by atoms with E-state index in [0.29, 0.717) is 12.1 Å². The predicted octanol–water partition coefficient (Wildman–Crippen LogP) is 2.00. The van der Waals surface area contributed by atoms with E-state index in [1.807, 2.05) is 19.1 Å². The number of likely N-dealkylation sites (N-methyl/N-ethyl adjacent to an activating group) is 2. The van der Waals surface area contributed by atoms with Crippen molar-refractivity contribution in [1.29, 1.82) is 0 Å². The lowest BCUT2D eigenvalue weighted by Crippen LogP contribution is -2.57. The van der Waals surface area contributed by atoms with E-state index >= 15 is 0 Å². The van der Waals surface area contributed by atoms with Crippen molar-refractivity contribution in [2.75, 3.05) is 34.2 Å². The van der Waals surface area contributed by atoms with Crippen LogP contribution in [0.3, 0.4) is 0 Å². The lowest BCUT2D eigenvalue weighted by molar-refractivity contribution is 0.0141. The van der Waals surface area contributed by atoms with Gasteiger partial charge in [-0.2, -0.15) is 0 Å². The van der Waals surface area contributed by atoms with Crippen LogP contribution in [-0.4, -0.2) is 49.6 Å². The van der Waals surface area contributed by atoms with Crippen molar-refractivity contribution < 1.29 is 4.42 Å². The first-order valence-electron chi connectivity index (χ1n) is 7.12. The summed E-state index contributed by atoms with van der Waals surface area (Å²) in [5, 5.41) is 0. The van der Waals surface area contributed by atoms with E-state index < -0.39 is 0 Å². The molecule has 1 heterocycles. The number of hydrogen-bond donors (Lipinski definition) is 1. The number of rotatable bonds is 6. The molecule has 0 aromatic carbocycles. The number of aryl methyl sites for hydroxylation is 1. The summed E-state index contributed by atoms with van der Waals surface area (Å²) in [6.45, 7) is 3.61. The van der Waals surface area contributed by atoms with Crippen LogP contribution in [0.15, 0.2) is 16.5 Å². The first-order valence-corrected chi connectivity index (χ1v) is 7.12. The number of furan rings is 1. The summed E-state index contributed by atoms with van der Waals surface area (Å²) in [6, 6.07) is 4.23. The molecule has 0 radical (unpaired) electrons. The third-order valence-corrected chi connectivity index (χ3v) is 4.62. The Balaban J connectivity index is 2.07. The van der Waals surface area contributed by atoms with Gasteiger partial charge in [0.15, 0.2) is 0 Å². The molecule has 1 aliphatic carbocycles. The van der Waals surface area contributed by atoms with Crippen molar-refractivity contribution in [2.45, 2.75) is 37.8 Å². The maximum absolute atomic E-state index is 5.95. The number of hydrogen-bond acceptors (Lipinski definition) is 4. The molecule has 2 rings (SSSR count). The van der Waals surface area contributed by atoms with Gasteiger partial charge in [-0.1, -0.05) is 0 Å². The number of nitrogens with zero attached hydrogens (tertiary/aromatic N) is 2. The molecule has 1 saturated carbocycles. The average Bonchev–Trinajstić information content (AvgIpc) is 2.70. The van der Waals surface area contributed by atoms with Gasteiger partial charge >= 0.3 is 0 Å². The molecule has 1 aromatic rings. The average molecular weight is 265 g/mol. The Labute approximate surface area is 116 Å². The highest BCUT2D eigenvalue weighted by Crippen LogP contribution is 2.38. The van der Waals surface area contributed by atoms with Crippen LogP contribution >= 0.6 is 0 Å². The Morgan fingerprint density at radius 3 is 2.37 bits per heavy atom. The molecule has 0 amide bonds. The van der Waals surface area contributed by atoms with Crippen molar-refractivity contribution in [2.24, 2.45) is 5.73 Å². The summed E-state index contributed by atoms with van der Waals surface area (Å²) in [5.74, 6) is 1.93. The second-order valence-corrected chi connectivity index (χ2v) is 6.09. The molecular weight excluding hydrogens is 238 g/mol. The van der Waals surface area contributed by atoms with Gasteiger partial charge in [0, 0.05) is 18.6 Å². The summed E-state index contributed by atoms with van der Waals surface area (Å²) >= 11 is 0. The SMILES string of the molecule is Cc1ccc(C(CN)N(C)CC2(N(C)C)CCC2)o1. The predicted molar refractivity (Wildman–Crippen MR) is 78.1 cm³/mol. The minimum atomic E-state index is 0.172. The maximum atomic E-state index is 5.95. The second kappa shape index (κ2) is 5.65. The molecule has 0 spiro atoms. The summed E-state index contributed by atoms with van der Waals surface area (Å²) in [6.07, 6.45) is 3.89. The van der Waals surface area contributed by atoms with Crippen LogP contribution in [-0.2, 0) is 0 Å². The molecule has 1 unspecified atom stereocenters. The van der Waals surface area contributed by atoms with Gasteiger partial charge in [0.1, 0.15) is 11.5 Å². The zero-order valence-corrected chi connectivity index (χ0v) is 12.6. The zero-order valence-electron chi connectivity index (χ0n) is 12.6. The minimum Gasteiger partial charge on any atom is -0.465 e. The van der Waals surface area contributed by atoms with Gasteiger partial charge in [0.2, 0.25) is 0 Å². The summed E-state index contributed by atoms with van der Waals surface area (Å²) in [4.78, 5) is 4.71. The molecular formula is C15H27N3O. The highest BCUT2D eigenvalue weighted by molar-refractivity contribution is 5.11. The normalized spacial score (nSPS) is 19.7. The molecule has 1 fully saturated rings. The van der Waals surface area contributed by atoms with E-state index in [4.69, 9.17) is 10.2 Å². The molecule has 0 bridgehead atoms. The second-order valence-electron chi connectivity index (χ2n) is 6.09. The Morgan fingerprint density at radius 2 is 2.00 bits per heavy atom. The maximum Gasteiger partial charge on any atom is 0.122 e. The van der Waals surface area contributed by atoms with Crippen molar-refractivity contribution >= 4 is 0 Å². The minimum absolute atomic E-state index is 0.172. The zero-order chi connectivity index (χ0) is 14.0. The summed E-state index contributed by atoms with van der Waals surface area (Å²) < 4.78 is 5.75. The molecule has 1 atom stereocenters. The van der Waals surface area contributed by atoms with Gasteiger partial charge in [0.05, 0.1) is 6.04 Å². The third-order valence-electron chi connectivity index (χ3n) is 4.62. The van der Waals surface area contributed by atoms with E-state index in [1.165, 1.54) is 19.3 Å². The van der Waals surface area contributed by atoms with E-state index in [9.17, 15) is 0 Å². The Hall–Kier alpha value is -0.840. The van der Waals surface area contributed by atoms with Crippen LogP contribution < -0.4 is 5.73 Å². The Bertz CT molecular complexity index is 409. The van der Waals surface area contributed by atoms with Crippen LogP contribution in [0.1, 0.15) is 36.8 Å². The monoisotopic (exact) mass is 265 g/mol. The molecule has 4 heteroatoms. The molecule has 0 aliphatic heterocycles. The quantitative estimate of drug-likeness (QED) is 0.854. The van der Waals surface area contributed by atoms with Crippen molar-refractivity contribution in [3.63, 3.8) is 0 Å². The molecule has 2 N–H and O–H groups in total. The van der Waals surface area contributed by atoms with Gasteiger partial charge in [-0.15, -0.1) is 0 Å². The van der Waals surface area contributed by atoms with Crippen LogP contribution in [0.5, 0.6) is 0 Å². The largest absolute Gasteiger partial charge is 0.465 e.